The summed E-state index contributed by atoms with van der Waals surface area (Å²) < 4.78 is 41.4. The molecule has 0 fully saturated rings. The van der Waals surface area contributed by atoms with E-state index in [1.54, 1.807) is 26.8 Å². The maximum Gasteiger partial charge on any atom is 0.342 e. The quantitative estimate of drug-likeness (QED) is 0.212. The van der Waals surface area contributed by atoms with Crippen molar-refractivity contribution in [2.45, 2.75) is 58.8 Å². The van der Waals surface area contributed by atoms with Gasteiger partial charge in [0.2, 0.25) is 0 Å². The molecule has 0 aliphatic carbocycles. The number of anilines is 1. The number of unbranched alkanes of at least 4 members (excludes halogenated alkanes) is 2. The SMILES string of the molecule is CCCCCOC(=O)c1c(C)oc2c1cc(NS(=O)(=O)c1c(C)cc(C)cc1C)c1ccccc12. The predicted octanol–water partition coefficient (Wildman–Crippen LogP) is 6.97. The van der Waals surface area contributed by atoms with E-state index in [0.29, 0.717) is 56.5 Å². The summed E-state index contributed by atoms with van der Waals surface area (Å²) in [6.45, 7) is 9.67. The first-order valence-corrected chi connectivity index (χ1v) is 13.3. The van der Waals surface area contributed by atoms with E-state index in [0.717, 1.165) is 24.8 Å². The third kappa shape index (κ3) is 4.78. The van der Waals surface area contributed by atoms with Crippen molar-refractivity contribution in [1.29, 1.82) is 0 Å². The van der Waals surface area contributed by atoms with E-state index < -0.39 is 16.0 Å². The summed E-state index contributed by atoms with van der Waals surface area (Å²) in [4.78, 5) is 13.2. The first-order valence-electron chi connectivity index (χ1n) is 11.9. The number of fused-ring (bicyclic) bond motifs is 3. The van der Waals surface area contributed by atoms with Crippen LogP contribution in [-0.2, 0) is 14.8 Å². The third-order valence-electron chi connectivity index (χ3n) is 6.17. The van der Waals surface area contributed by atoms with Gasteiger partial charge in [-0.3, -0.25) is 4.72 Å². The average Bonchev–Trinajstić information content (AvgIpc) is 3.11. The number of rotatable bonds is 8. The Morgan fingerprint density at radius 2 is 1.60 bits per heavy atom. The highest BCUT2D eigenvalue weighted by atomic mass is 32.2. The van der Waals surface area contributed by atoms with Gasteiger partial charge in [0.05, 0.1) is 17.2 Å². The van der Waals surface area contributed by atoms with Gasteiger partial charge in [0.1, 0.15) is 16.9 Å². The molecule has 0 atom stereocenters. The molecule has 0 saturated carbocycles. The number of ether oxygens (including phenoxy) is 1. The molecule has 0 aliphatic rings. The fourth-order valence-corrected chi connectivity index (χ4v) is 6.28. The number of aryl methyl sites for hydroxylation is 4. The van der Waals surface area contributed by atoms with Crippen LogP contribution in [0.3, 0.4) is 0 Å². The molecule has 1 N–H and O–H groups in total. The Morgan fingerprint density at radius 3 is 2.26 bits per heavy atom. The molecule has 0 aliphatic heterocycles. The molecule has 0 bridgehead atoms. The molecule has 4 rings (SSSR count). The van der Waals surface area contributed by atoms with Crippen LogP contribution in [0, 0.1) is 27.7 Å². The minimum absolute atomic E-state index is 0.256. The van der Waals surface area contributed by atoms with Gasteiger partial charge in [-0.25, -0.2) is 13.2 Å². The second-order valence-corrected chi connectivity index (χ2v) is 10.7. The highest BCUT2D eigenvalue weighted by Crippen LogP contribution is 2.38. The second kappa shape index (κ2) is 9.74. The van der Waals surface area contributed by atoms with Crippen molar-refractivity contribution in [2.24, 2.45) is 0 Å². The molecule has 0 radical (unpaired) electrons. The van der Waals surface area contributed by atoms with Crippen molar-refractivity contribution in [3.05, 3.63) is 70.5 Å². The van der Waals surface area contributed by atoms with Crippen LogP contribution >= 0.6 is 0 Å². The number of furan rings is 1. The zero-order valence-electron chi connectivity index (χ0n) is 20.8. The average molecular weight is 494 g/mol. The molecule has 35 heavy (non-hydrogen) atoms. The molecule has 3 aromatic carbocycles. The first kappa shape index (κ1) is 24.8. The van der Waals surface area contributed by atoms with Gasteiger partial charge in [-0.05, 0) is 51.3 Å². The summed E-state index contributed by atoms with van der Waals surface area (Å²) >= 11 is 0. The van der Waals surface area contributed by atoms with Crippen LogP contribution in [0.25, 0.3) is 21.7 Å². The number of esters is 1. The summed E-state index contributed by atoms with van der Waals surface area (Å²) in [6, 6.07) is 12.8. The van der Waals surface area contributed by atoms with Crippen LogP contribution in [0.15, 0.2) is 51.8 Å². The highest BCUT2D eigenvalue weighted by molar-refractivity contribution is 7.92. The minimum atomic E-state index is -3.90. The molecule has 7 heteroatoms. The molecule has 6 nitrogen and oxygen atoms in total. The van der Waals surface area contributed by atoms with E-state index in [1.165, 1.54) is 0 Å². The molecule has 1 heterocycles. The van der Waals surface area contributed by atoms with Crippen LogP contribution in [0.4, 0.5) is 5.69 Å². The second-order valence-electron chi connectivity index (χ2n) is 9.06. The van der Waals surface area contributed by atoms with Crippen LogP contribution in [0.2, 0.25) is 0 Å². The Kier molecular flexibility index (Phi) is 6.90. The summed E-state index contributed by atoms with van der Waals surface area (Å²) in [7, 11) is -3.90. The molecule has 184 valence electrons. The molecule has 0 spiro atoms. The van der Waals surface area contributed by atoms with Gasteiger partial charge in [-0.2, -0.15) is 0 Å². The Morgan fingerprint density at radius 1 is 0.943 bits per heavy atom. The number of sulfonamides is 1. The van der Waals surface area contributed by atoms with Gasteiger partial charge in [0, 0.05) is 16.2 Å². The number of hydrogen-bond acceptors (Lipinski definition) is 5. The number of carbonyl (C=O) groups is 1. The lowest BCUT2D eigenvalue weighted by Crippen LogP contribution is -2.16. The monoisotopic (exact) mass is 493 g/mol. The molecule has 4 aromatic rings. The van der Waals surface area contributed by atoms with Gasteiger partial charge in [0.15, 0.2) is 0 Å². The van der Waals surface area contributed by atoms with Crippen molar-refractivity contribution in [2.75, 3.05) is 11.3 Å². The summed E-state index contributed by atoms with van der Waals surface area (Å²) in [5.74, 6) is -0.0254. The van der Waals surface area contributed by atoms with Crippen LogP contribution in [0.5, 0.6) is 0 Å². The van der Waals surface area contributed by atoms with Crippen LogP contribution in [0.1, 0.15) is 59.0 Å². The maximum absolute atomic E-state index is 13.5. The van der Waals surface area contributed by atoms with Crippen molar-refractivity contribution in [3.8, 4) is 0 Å². The van der Waals surface area contributed by atoms with Gasteiger partial charge in [-0.15, -0.1) is 0 Å². The minimum Gasteiger partial charge on any atom is -0.462 e. The Hall–Kier alpha value is -3.32. The smallest absolute Gasteiger partial charge is 0.342 e. The van der Waals surface area contributed by atoms with Crippen molar-refractivity contribution < 1.29 is 22.4 Å². The Bertz CT molecular complexity index is 1510. The zero-order chi connectivity index (χ0) is 25.3. The van der Waals surface area contributed by atoms with Gasteiger partial charge in [0.25, 0.3) is 10.0 Å². The van der Waals surface area contributed by atoms with Crippen molar-refractivity contribution in [1.82, 2.24) is 0 Å². The number of hydrogen-bond donors (Lipinski definition) is 1. The van der Waals surface area contributed by atoms with E-state index in [1.807, 2.05) is 43.3 Å². The number of benzene rings is 3. The van der Waals surface area contributed by atoms with Gasteiger partial charge in [-0.1, -0.05) is 61.7 Å². The molecule has 0 amide bonds. The zero-order valence-corrected chi connectivity index (χ0v) is 21.6. The topological polar surface area (TPSA) is 85.6 Å². The normalized spacial score (nSPS) is 11.8. The number of nitrogens with one attached hydrogen (secondary N) is 1. The summed E-state index contributed by atoms with van der Waals surface area (Å²) in [6.07, 6.45) is 2.80. The molecule has 0 saturated heterocycles. The maximum atomic E-state index is 13.5. The fraction of sp³-hybridized carbons (Fsp3) is 0.321. The van der Waals surface area contributed by atoms with E-state index in [9.17, 15) is 13.2 Å². The molecule has 0 unspecified atom stereocenters. The predicted molar refractivity (Wildman–Crippen MR) is 140 cm³/mol. The van der Waals surface area contributed by atoms with Gasteiger partial charge >= 0.3 is 5.97 Å². The van der Waals surface area contributed by atoms with E-state index in [-0.39, 0.29) is 4.90 Å². The van der Waals surface area contributed by atoms with Crippen LogP contribution < -0.4 is 4.72 Å². The number of carbonyl (C=O) groups excluding carboxylic acids is 1. The van der Waals surface area contributed by atoms with E-state index in [4.69, 9.17) is 9.15 Å². The standard InChI is InChI=1S/C28H31NO5S/c1-6-7-10-13-33-28(30)25-20(5)34-26-22-12-9-8-11-21(22)24(16-23(25)26)29-35(31,32)27-18(3)14-17(2)15-19(27)4/h8-9,11-12,14-16,29H,6-7,10,13H2,1-5H3. The summed E-state index contributed by atoms with van der Waals surface area (Å²) in [5, 5.41) is 1.92. The van der Waals surface area contributed by atoms with Crippen molar-refractivity contribution in [3.63, 3.8) is 0 Å². The van der Waals surface area contributed by atoms with Crippen LogP contribution in [-0.4, -0.2) is 21.0 Å². The lowest BCUT2D eigenvalue weighted by atomic mass is 10.0. The van der Waals surface area contributed by atoms with E-state index in [2.05, 4.69) is 11.6 Å². The molecular formula is C28H31NO5S. The Balaban J connectivity index is 1.84. The fourth-order valence-electron chi connectivity index (χ4n) is 4.75. The third-order valence-corrected chi connectivity index (χ3v) is 7.84. The highest BCUT2D eigenvalue weighted by Gasteiger charge is 2.25. The summed E-state index contributed by atoms with van der Waals surface area (Å²) in [5.41, 5.74) is 3.59. The van der Waals surface area contributed by atoms with E-state index >= 15 is 0 Å². The Labute approximate surface area is 206 Å². The molecule has 1 aromatic heterocycles. The first-order chi connectivity index (χ1) is 16.6. The van der Waals surface area contributed by atoms with Gasteiger partial charge < -0.3 is 9.15 Å². The largest absolute Gasteiger partial charge is 0.462 e. The lowest BCUT2D eigenvalue weighted by Gasteiger charge is -2.15. The molecular weight excluding hydrogens is 462 g/mol. The lowest BCUT2D eigenvalue weighted by molar-refractivity contribution is 0.0498. The van der Waals surface area contributed by atoms with Crippen molar-refractivity contribution >= 4 is 43.4 Å².